The van der Waals surface area contributed by atoms with Gasteiger partial charge in [-0.3, -0.25) is 14.5 Å². The van der Waals surface area contributed by atoms with E-state index in [2.05, 4.69) is 5.32 Å². The number of piperazine rings is 1. The second kappa shape index (κ2) is 9.51. The molecule has 148 valence electrons. The molecule has 2 heterocycles. The van der Waals surface area contributed by atoms with Crippen LogP contribution in [0.5, 0.6) is 0 Å². The highest BCUT2D eigenvalue weighted by atomic mass is 35.5. The van der Waals surface area contributed by atoms with Gasteiger partial charge in [0.05, 0.1) is 12.5 Å². The Morgan fingerprint density at radius 3 is 2.56 bits per heavy atom. The van der Waals surface area contributed by atoms with E-state index in [1.807, 2.05) is 9.80 Å². The maximum Gasteiger partial charge on any atom is 0.237 e. The van der Waals surface area contributed by atoms with Gasteiger partial charge in [0.2, 0.25) is 11.8 Å². The van der Waals surface area contributed by atoms with E-state index in [1.54, 1.807) is 12.1 Å². The lowest BCUT2D eigenvalue weighted by molar-refractivity contribution is -0.139. The minimum absolute atomic E-state index is 0.00332. The third kappa shape index (κ3) is 5.20. The molecule has 27 heavy (non-hydrogen) atoms. The number of amides is 2. The van der Waals surface area contributed by atoms with Crippen LogP contribution in [-0.4, -0.2) is 53.8 Å². The van der Waals surface area contributed by atoms with Crippen molar-refractivity contribution in [2.24, 2.45) is 0 Å². The van der Waals surface area contributed by atoms with E-state index in [0.717, 1.165) is 38.8 Å². The zero-order chi connectivity index (χ0) is 19.2. The van der Waals surface area contributed by atoms with Gasteiger partial charge in [-0.15, -0.1) is 0 Å². The fourth-order valence-corrected chi connectivity index (χ4v) is 4.07. The van der Waals surface area contributed by atoms with Crippen molar-refractivity contribution in [2.45, 2.75) is 51.1 Å². The fraction of sp³-hybridized carbons (Fsp3) is 0.600. The highest BCUT2D eigenvalue weighted by molar-refractivity contribution is 6.31. The summed E-state index contributed by atoms with van der Waals surface area (Å²) in [5.74, 6) is -0.556. The predicted molar refractivity (Wildman–Crippen MR) is 103 cm³/mol. The molecule has 2 fully saturated rings. The van der Waals surface area contributed by atoms with E-state index >= 15 is 0 Å². The SMILES string of the molecule is O=C1NCCN(Cc2c(F)cccc2Cl)[C@@H]1CC(=O)N1CCCCCCC1. The summed E-state index contributed by atoms with van der Waals surface area (Å²) in [6, 6.07) is 3.98. The van der Waals surface area contributed by atoms with Crippen LogP contribution in [-0.2, 0) is 16.1 Å². The van der Waals surface area contributed by atoms with E-state index in [9.17, 15) is 14.0 Å². The first-order chi connectivity index (χ1) is 13.1. The first-order valence-electron chi connectivity index (χ1n) is 9.78. The summed E-state index contributed by atoms with van der Waals surface area (Å²) in [4.78, 5) is 29.0. The van der Waals surface area contributed by atoms with Gasteiger partial charge in [0.1, 0.15) is 5.82 Å². The molecule has 5 nitrogen and oxygen atoms in total. The number of hydrogen-bond acceptors (Lipinski definition) is 3. The van der Waals surface area contributed by atoms with Crippen molar-refractivity contribution in [1.29, 1.82) is 0 Å². The van der Waals surface area contributed by atoms with Gasteiger partial charge in [0, 0.05) is 43.3 Å². The topological polar surface area (TPSA) is 52.7 Å². The number of carbonyl (C=O) groups is 2. The molecule has 0 bridgehead atoms. The molecule has 2 aliphatic rings. The molecule has 7 heteroatoms. The lowest BCUT2D eigenvalue weighted by Crippen LogP contribution is -2.56. The predicted octanol–water partition coefficient (Wildman–Crippen LogP) is 2.96. The Balaban J connectivity index is 1.70. The van der Waals surface area contributed by atoms with Crippen molar-refractivity contribution < 1.29 is 14.0 Å². The average Bonchev–Trinajstić information content (AvgIpc) is 2.60. The zero-order valence-electron chi connectivity index (χ0n) is 15.6. The van der Waals surface area contributed by atoms with Gasteiger partial charge in [-0.1, -0.05) is 36.9 Å². The number of hydrogen-bond donors (Lipinski definition) is 1. The molecule has 0 unspecified atom stereocenters. The lowest BCUT2D eigenvalue weighted by Gasteiger charge is -2.36. The zero-order valence-corrected chi connectivity index (χ0v) is 16.3. The number of likely N-dealkylation sites (tertiary alicyclic amines) is 1. The summed E-state index contributed by atoms with van der Waals surface area (Å²) >= 11 is 6.15. The van der Waals surface area contributed by atoms with Crippen LogP contribution < -0.4 is 5.32 Å². The third-order valence-electron chi connectivity index (χ3n) is 5.44. The number of benzene rings is 1. The van der Waals surface area contributed by atoms with Crippen LogP contribution in [0.15, 0.2) is 18.2 Å². The van der Waals surface area contributed by atoms with E-state index in [0.29, 0.717) is 23.7 Å². The van der Waals surface area contributed by atoms with E-state index in [4.69, 9.17) is 11.6 Å². The Morgan fingerprint density at radius 1 is 1.15 bits per heavy atom. The van der Waals surface area contributed by atoms with Crippen molar-refractivity contribution in [3.63, 3.8) is 0 Å². The van der Waals surface area contributed by atoms with Crippen molar-refractivity contribution in [3.05, 3.63) is 34.6 Å². The summed E-state index contributed by atoms with van der Waals surface area (Å²) in [6.45, 7) is 2.78. The van der Waals surface area contributed by atoms with Gasteiger partial charge in [0.15, 0.2) is 0 Å². The first kappa shape index (κ1) is 20.1. The van der Waals surface area contributed by atoms with Crippen molar-refractivity contribution in [1.82, 2.24) is 15.1 Å². The number of rotatable bonds is 4. The molecular formula is C20H27ClFN3O2. The van der Waals surface area contributed by atoms with Crippen LogP contribution >= 0.6 is 11.6 Å². The molecule has 2 amide bonds. The number of carbonyl (C=O) groups excluding carboxylic acids is 2. The molecule has 1 aromatic rings. The molecule has 1 N–H and O–H groups in total. The Labute approximate surface area is 164 Å². The number of nitrogens with zero attached hydrogens (tertiary/aromatic N) is 2. The van der Waals surface area contributed by atoms with Gasteiger partial charge in [-0.2, -0.15) is 0 Å². The van der Waals surface area contributed by atoms with Crippen LogP contribution in [0, 0.1) is 5.82 Å². The Hall–Kier alpha value is -1.66. The molecule has 0 spiro atoms. The normalized spacial score (nSPS) is 22.1. The van der Waals surface area contributed by atoms with E-state index in [-0.39, 0.29) is 30.6 Å². The highest BCUT2D eigenvalue weighted by Crippen LogP contribution is 2.23. The van der Waals surface area contributed by atoms with Gasteiger partial charge < -0.3 is 10.2 Å². The van der Waals surface area contributed by atoms with Crippen LogP contribution in [0.4, 0.5) is 4.39 Å². The average molecular weight is 396 g/mol. The number of halogens is 2. The molecule has 2 saturated heterocycles. The smallest absolute Gasteiger partial charge is 0.237 e. The fourth-order valence-electron chi connectivity index (χ4n) is 3.85. The summed E-state index contributed by atoms with van der Waals surface area (Å²) in [5.41, 5.74) is 0.373. The minimum Gasteiger partial charge on any atom is -0.353 e. The second-order valence-corrected chi connectivity index (χ2v) is 7.74. The standard InChI is InChI=1S/C20H27ClFN3O2/c21-16-7-6-8-17(22)15(16)14-25-12-9-23-20(27)18(25)13-19(26)24-10-4-2-1-3-5-11-24/h6-8,18H,1-5,9-14H2,(H,23,27)/t18-/m1/s1. The molecular weight excluding hydrogens is 369 g/mol. The Bertz CT molecular complexity index is 657. The minimum atomic E-state index is -0.590. The van der Waals surface area contributed by atoms with Crippen LogP contribution in [0.25, 0.3) is 0 Å². The van der Waals surface area contributed by atoms with Crippen molar-refractivity contribution in [2.75, 3.05) is 26.2 Å². The van der Waals surface area contributed by atoms with Crippen LogP contribution in [0.3, 0.4) is 0 Å². The summed E-state index contributed by atoms with van der Waals surface area (Å²) < 4.78 is 14.2. The summed E-state index contributed by atoms with van der Waals surface area (Å²) in [7, 11) is 0. The molecule has 0 aromatic heterocycles. The number of nitrogens with one attached hydrogen (secondary N) is 1. The lowest BCUT2D eigenvalue weighted by atomic mass is 10.0. The maximum absolute atomic E-state index is 14.2. The molecule has 0 radical (unpaired) electrons. The summed E-state index contributed by atoms with van der Waals surface area (Å²) in [5, 5.41) is 3.17. The van der Waals surface area contributed by atoms with Crippen LogP contribution in [0.1, 0.15) is 44.1 Å². The van der Waals surface area contributed by atoms with Gasteiger partial charge in [0.25, 0.3) is 0 Å². The molecule has 2 aliphatic heterocycles. The molecule has 0 aliphatic carbocycles. The summed E-state index contributed by atoms with van der Waals surface area (Å²) in [6.07, 6.45) is 5.66. The molecule has 0 saturated carbocycles. The van der Waals surface area contributed by atoms with Crippen molar-refractivity contribution >= 4 is 23.4 Å². The second-order valence-electron chi connectivity index (χ2n) is 7.33. The first-order valence-corrected chi connectivity index (χ1v) is 10.2. The van der Waals surface area contributed by atoms with E-state index < -0.39 is 6.04 Å². The highest BCUT2D eigenvalue weighted by Gasteiger charge is 2.33. The van der Waals surface area contributed by atoms with Gasteiger partial charge >= 0.3 is 0 Å². The monoisotopic (exact) mass is 395 g/mol. The molecule has 3 rings (SSSR count). The van der Waals surface area contributed by atoms with Crippen molar-refractivity contribution in [3.8, 4) is 0 Å². The Morgan fingerprint density at radius 2 is 1.85 bits per heavy atom. The third-order valence-corrected chi connectivity index (χ3v) is 5.80. The van der Waals surface area contributed by atoms with Crippen LogP contribution in [0.2, 0.25) is 5.02 Å². The van der Waals surface area contributed by atoms with Gasteiger partial charge in [-0.25, -0.2) is 4.39 Å². The molecule has 1 aromatic carbocycles. The largest absolute Gasteiger partial charge is 0.353 e. The van der Waals surface area contributed by atoms with E-state index in [1.165, 1.54) is 12.5 Å². The van der Waals surface area contributed by atoms with Gasteiger partial charge in [-0.05, 0) is 25.0 Å². The molecule has 1 atom stereocenters. The quantitative estimate of drug-likeness (QED) is 0.852. The Kier molecular flexibility index (Phi) is 7.07. The maximum atomic E-state index is 14.2.